The molecule has 0 aliphatic rings. The standard InChI is InChI=1S/C30H33N7O2S/c1-19-12-27(35(4)5)32-17-26(19)29-21(3)34-37-28(13-20(2)33-30(29)37)36(6)18-22-8-10-23(11-9-22)24-14-25(16-31-15-24)40(7,38)39/h8-17H,18H2,1-7H3. The molecule has 0 radical (unpaired) electrons. The zero-order chi connectivity index (χ0) is 28.8. The number of pyridine rings is 2. The van der Waals surface area contributed by atoms with E-state index in [1.807, 2.05) is 80.9 Å². The van der Waals surface area contributed by atoms with Crippen LogP contribution in [0.4, 0.5) is 11.6 Å². The van der Waals surface area contributed by atoms with Gasteiger partial charge in [-0.3, -0.25) is 4.98 Å². The summed E-state index contributed by atoms with van der Waals surface area (Å²) in [5.41, 5.74) is 8.49. The van der Waals surface area contributed by atoms with Crippen molar-refractivity contribution in [3.8, 4) is 22.3 Å². The van der Waals surface area contributed by atoms with Crippen LogP contribution in [-0.2, 0) is 16.4 Å². The van der Waals surface area contributed by atoms with Crippen molar-refractivity contribution >= 4 is 27.1 Å². The topological polar surface area (TPSA) is 96.6 Å². The Morgan fingerprint density at radius 1 is 0.900 bits per heavy atom. The lowest BCUT2D eigenvalue weighted by atomic mass is 10.0. The van der Waals surface area contributed by atoms with Crippen LogP contribution < -0.4 is 9.80 Å². The second-order valence-electron chi connectivity index (χ2n) is 10.4. The van der Waals surface area contributed by atoms with Gasteiger partial charge in [-0.1, -0.05) is 24.3 Å². The summed E-state index contributed by atoms with van der Waals surface area (Å²) in [4.78, 5) is 18.0. The third-order valence-corrected chi connectivity index (χ3v) is 8.02. The molecular formula is C30H33N7O2S. The lowest BCUT2D eigenvalue weighted by molar-refractivity contribution is 0.601. The maximum Gasteiger partial charge on any atom is 0.177 e. The van der Waals surface area contributed by atoms with Gasteiger partial charge in [-0.2, -0.15) is 9.61 Å². The molecule has 9 nitrogen and oxygen atoms in total. The first-order chi connectivity index (χ1) is 18.9. The van der Waals surface area contributed by atoms with Crippen LogP contribution in [0.15, 0.2) is 66.0 Å². The highest BCUT2D eigenvalue weighted by atomic mass is 32.2. The molecule has 0 aliphatic heterocycles. The van der Waals surface area contributed by atoms with Gasteiger partial charge >= 0.3 is 0 Å². The fourth-order valence-electron chi connectivity index (χ4n) is 4.80. The van der Waals surface area contributed by atoms with Crippen molar-refractivity contribution < 1.29 is 8.42 Å². The zero-order valence-electron chi connectivity index (χ0n) is 23.8. The molecular weight excluding hydrogens is 522 g/mol. The van der Waals surface area contributed by atoms with E-state index in [0.717, 1.165) is 62.1 Å². The molecule has 206 valence electrons. The van der Waals surface area contributed by atoms with Gasteiger partial charge in [-0.15, -0.1) is 0 Å². The van der Waals surface area contributed by atoms with Gasteiger partial charge in [-0.25, -0.2) is 18.4 Å². The number of hydrogen-bond acceptors (Lipinski definition) is 8. The molecule has 5 rings (SSSR count). The number of nitrogens with zero attached hydrogens (tertiary/aromatic N) is 7. The Hall–Kier alpha value is -4.31. The minimum atomic E-state index is -3.32. The van der Waals surface area contributed by atoms with Crippen LogP contribution in [0.1, 0.15) is 22.5 Å². The predicted molar refractivity (Wildman–Crippen MR) is 160 cm³/mol. The maximum atomic E-state index is 11.9. The summed E-state index contributed by atoms with van der Waals surface area (Å²) < 4.78 is 25.8. The van der Waals surface area contributed by atoms with Crippen LogP contribution in [0.25, 0.3) is 27.9 Å². The number of aromatic nitrogens is 5. The Labute approximate surface area is 235 Å². The SMILES string of the molecule is Cc1cc(N(C)Cc2ccc(-c3cncc(S(C)(=O)=O)c3)cc2)n2nc(C)c(-c3cnc(N(C)C)cc3C)c2n1. The van der Waals surface area contributed by atoms with Crippen molar-refractivity contribution in [2.45, 2.75) is 32.2 Å². The second-order valence-corrected chi connectivity index (χ2v) is 12.5. The highest BCUT2D eigenvalue weighted by molar-refractivity contribution is 7.90. The summed E-state index contributed by atoms with van der Waals surface area (Å²) >= 11 is 0. The number of anilines is 2. The summed E-state index contributed by atoms with van der Waals surface area (Å²) in [6, 6.07) is 13.9. The van der Waals surface area contributed by atoms with Crippen LogP contribution >= 0.6 is 0 Å². The molecule has 10 heteroatoms. The highest BCUT2D eigenvalue weighted by Crippen LogP contribution is 2.33. The van der Waals surface area contributed by atoms with Gasteiger partial charge in [-0.05, 0) is 49.6 Å². The van der Waals surface area contributed by atoms with Gasteiger partial charge in [0.1, 0.15) is 11.6 Å². The molecule has 0 saturated carbocycles. The van der Waals surface area contributed by atoms with Crippen molar-refractivity contribution in [3.05, 3.63) is 83.6 Å². The Morgan fingerprint density at radius 2 is 1.62 bits per heavy atom. The minimum Gasteiger partial charge on any atom is -0.363 e. The molecule has 0 spiro atoms. The first kappa shape index (κ1) is 27.3. The van der Waals surface area contributed by atoms with E-state index < -0.39 is 9.84 Å². The summed E-state index contributed by atoms with van der Waals surface area (Å²) in [6.45, 7) is 6.74. The van der Waals surface area contributed by atoms with E-state index in [9.17, 15) is 8.42 Å². The van der Waals surface area contributed by atoms with Crippen LogP contribution in [0.5, 0.6) is 0 Å². The average Bonchev–Trinajstić information content (AvgIpc) is 3.23. The summed E-state index contributed by atoms with van der Waals surface area (Å²) in [5.74, 6) is 1.84. The van der Waals surface area contributed by atoms with Crippen molar-refractivity contribution in [2.75, 3.05) is 37.2 Å². The van der Waals surface area contributed by atoms with E-state index in [1.54, 1.807) is 12.3 Å². The van der Waals surface area contributed by atoms with E-state index in [2.05, 4.69) is 27.9 Å². The maximum absolute atomic E-state index is 11.9. The van der Waals surface area contributed by atoms with Crippen LogP contribution in [0, 0.1) is 20.8 Å². The summed E-state index contributed by atoms with van der Waals surface area (Å²) in [7, 11) is 2.68. The Morgan fingerprint density at radius 3 is 2.27 bits per heavy atom. The smallest absolute Gasteiger partial charge is 0.177 e. The van der Waals surface area contributed by atoms with E-state index >= 15 is 0 Å². The third-order valence-electron chi connectivity index (χ3n) is 6.94. The van der Waals surface area contributed by atoms with Gasteiger partial charge in [0.15, 0.2) is 15.5 Å². The molecule has 0 unspecified atom stereocenters. The van der Waals surface area contributed by atoms with Crippen LogP contribution in [0.2, 0.25) is 0 Å². The molecule has 0 fully saturated rings. The number of sulfone groups is 1. The van der Waals surface area contributed by atoms with Gasteiger partial charge in [0.05, 0.1) is 16.2 Å². The number of aryl methyl sites for hydroxylation is 3. The van der Waals surface area contributed by atoms with E-state index in [1.165, 1.54) is 12.5 Å². The number of fused-ring (bicyclic) bond motifs is 1. The Bertz CT molecular complexity index is 1830. The fourth-order valence-corrected chi connectivity index (χ4v) is 5.39. The normalized spacial score (nSPS) is 11.7. The van der Waals surface area contributed by atoms with Crippen molar-refractivity contribution in [3.63, 3.8) is 0 Å². The van der Waals surface area contributed by atoms with Crippen molar-refractivity contribution in [2.24, 2.45) is 0 Å². The van der Waals surface area contributed by atoms with Gasteiger partial charge < -0.3 is 9.80 Å². The van der Waals surface area contributed by atoms with Gasteiger partial charge in [0.2, 0.25) is 0 Å². The number of hydrogen-bond donors (Lipinski definition) is 0. The molecule has 4 heterocycles. The molecule has 1 aromatic carbocycles. The molecule has 0 N–H and O–H groups in total. The second kappa shape index (κ2) is 10.3. The van der Waals surface area contributed by atoms with Gasteiger partial charge in [0.25, 0.3) is 0 Å². The van der Waals surface area contributed by atoms with E-state index in [-0.39, 0.29) is 4.90 Å². The highest BCUT2D eigenvalue weighted by Gasteiger charge is 2.20. The van der Waals surface area contributed by atoms with Crippen molar-refractivity contribution in [1.29, 1.82) is 0 Å². The molecule has 0 bridgehead atoms. The minimum absolute atomic E-state index is 0.208. The summed E-state index contributed by atoms with van der Waals surface area (Å²) in [5, 5.41) is 4.89. The quantitative estimate of drug-likeness (QED) is 0.280. The first-order valence-electron chi connectivity index (χ1n) is 12.9. The molecule has 5 aromatic rings. The number of rotatable bonds is 7. The van der Waals surface area contributed by atoms with Crippen LogP contribution in [-0.4, -0.2) is 60.4 Å². The van der Waals surface area contributed by atoms with E-state index in [4.69, 9.17) is 10.1 Å². The number of benzene rings is 1. The predicted octanol–water partition coefficient (Wildman–Crippen LogP) is 4.88. The zero-order valence-corrected chi connectivity index (χ0v) is 24.7. The lowest BCUT2D eigenvalue weighted by Crippen LogP contribution is -2.20. The largest absolute Gasteiger partial charge is 0.363 e. The molecule has 0 amide bonds. The van der Waals surface area contributed by atoms with Gasteiger partial charge in [0, 0.05) is 75.4 Å². The average molecular weight is 556 g/mol. The molecule has 0 saturated heterocycles. The first-order valence-corrected chi connectivity index (χ1v) is 14.8. The fraction of sp³-hybridized carbons (Fsp3) is 0.267. The molecule has 0 atom stereocenters. The molecule has 40 heavy (non-hydrogen) atoms. The van der Waals surface area contributed by atoms with Crippen LogP contribution in [0.3, 0.4) is 0 Å². The van der Waals surface area contributed by atoms with Crippen molar-refractivity contribution in [1.82, 2.24) is 24.6 Å². The monoisotopic (exact) mass is 555 g/mol. The third kappa shape index (κ3) is 5.27. The summed E-state index contributed by atoms with van der Waals surface area (Å²) in [6.07, 6.45) is 6.14. The lowest BCUT2D eigenvalue weighted by Gasteiger charge is -2.21. The Kier molecular flexibility index (Phi) is 7.05. The van der Waals surface area contributed by atoms with E-state index in [0.29, 0.717) is 6.54 Å². The molecule has 0 aliphatic carbocycles. The molecule has 4 aromatic heterocycles. The Balaban J connectivity index is 1.46.